The molecule has 0 aliphatic rings. The molecule has 0 saturated heterocycles. The van der Waals surface area contributed by atoms with E-state index in [1.54, 1.807) is 17.4 Å². The second kappa shape index (κ2) is 4.02. The lowest BCUT2D eigenvalue weighted by molar-refractivity contribution is 0.509. The molecule has 0 saturated carbocycles. The molecule has 2 rings (SSSR count). The van der Waals surface area contributed by atoms with Gasteiger partial charge in [0.25, 0.3) is 0 Å². The molecule has 0 amide bonds. The minimum atomic E-state index is -0.814. The number of aryl methyl sites for hydroxylation is 1. The van der Waals surface area contributed by atoms with Crippen LogP contribution in [0.1, 0.15) is 4.88 Å². The number of benzene rings is 1. The number of rotatable bonds is 1. The van der Waals surface area contributed by atoms with Gasteiger partial charge in [0.05, 0.1) is 0 Å². The Kier molecular flexibility index (Phi) is 2.89. The van der Waals surface area contributed by atoms with Gasteiger partial charge in [-0.05, 0) is 46.6 Å². The van der Waals surface area contributed by atoms with Crippen LogP contribution in [0.15, 0.2) is 28.7 Å². The highest BCUT2D eigenvalue weighted by molar-refractivity contribution is 9.10. The predicted molar refractivity (Wildman–Crippen MR) is 62.1 cm³/mol. The van der Waals surface area contributed by atoms with Crippen molar-refractivity contribution in [3.63, 3.8) is 0 Å². The van der Waals surface area contributed by atoms with Gasteiger partial charge in [0.1, 0.15) is 0 Å². The monoisotopic (exact) mass is 288 g/mol. The van der Waals surface area contributed by atoms with Gasteiger partial charge >= 0.3 is 0 Å². The van der Waals surface area contributed by atoms with Crippen molar-refractivity contribution >= 4 is 27.3 Å². The molecular formula is C11H7BrF2S. The van der Waals surface area contributed by atoms with E-state index in [1.807, 2.05) is 13.0 Å². The van der Waals surface area contributed by atoms with Crippen molar-refractivity contribution in [1.82, 2.24) is 0 Å². The second-order valence-corrected chi connectivity index (χ2v) is 5.25. The topological polar surface area (TPSA) is 0 Å². The highest BCUT2D eigenvalue weighted by atomic mass is 79.9. The van der Waals surface area contributed by atoms with Crippen LogP contribution in [0, 0.1) is 18.6 Å². The number of halogens is 3. The zero-order chi connectivity index (χ0) is 11.0. The number of thiophene rings is 1. The van der Waals surface area contributed by atoms with Crippen LogP contribution in [0.3, 0.4) is 0 Å². The van der Waals surface area contributed by atoms with Crippen LogP contribution in [0.5, 0.6) is 0 Å². The lowest BCUT2D eigenvalue weighted by Crippen LogP contribution is -1.83. The van der Waals surface area contributed by atoms with Crippen molar-refractivity contribution in [2.24, 2.45) is 0 Å². The second-order valence-electron chi connectivity index (χ2n) is 3.14. The molecule has 78 valence electrons. The molecular weight excluding hydrogens is 282 g/mol. The summed E-state index contributed by atoms with van der Waals surface area (Å²) in [4.78, 5) is 2.05. The van der Waals surface area contributed by atoms with Gasteiger partial charge in [-0.3, -0.25) is 0 Å². The summed E-state index contributed by atoms with van der Waals surface area (Å²) in [5.74, 6) is -1.62. The van der Waals surface area contributed by atoms with Gasteiger partial charge in [-0.2, -0.15) is 0 Å². The Balaban J connectivity index is 2.49. The molecule has 0 atom stereocenters. The summed E-state index contributed by atoms with van der Waals surface area (Å²) < 4.78 is 26.7. The molecule has 15 heavy (non-hydrogen) atoms. The van der Waals surface area contributed by atoms with Crippen LogP contribution in [-0.2, 0) is 0 Å². The number of hydrogen-bond donors (Lipinski definition) is 0. The fraction of sp³-hybridized carbons (Fsp3) is 0.0909. The molecule has 0 bridgehead atoms. The van der Waals surface area contributed by atoms with Crippen LogP contribution < -0.4 is 0 Å². The third-order valence-electron chi connectivity index (χ3n) is 2.06. The Labute approximate surface area is 98.7 Å². The SMILES string of the molecule is Cc1sc(-c2ccc(F)c(F)c2)cc1Br. The summed E-state index contributed by atoms with van der Waals surface area (Å²) >= 11 is 4.93. The minimum absolute atomic E-state index is 0.702. The quantitative estimate of drug-likeness (QED) is 0.709. The molecule has 0 fully saturated rings. The van der Waals surface area contributed by atoms with E-state index in [0.717, 1.165) is 20.3 Å². The third-order valence-corrected chi connectivity index (χ3v) is 4.25. The van der Waals surface area contributed by atoms with Crippen LogP contribution in [-0.4, -0.2) is 0 Å². The van der Waals surface area contributed by atoms with E-state index in [9.17, 15) is 8.78 Å². The Bertz CT molecular complexity index is 486. The zero-order valence-electron chi connectivity index (χ0n) is 7.85. The van der Waals surface area contributed by atoms with Gasteiger partial charge in [-0.25, -0.2) is 8.78 Å². The molecule has 1 aromatic heterocycles. The van der Waals surface area contributed by atoms with Crippen molar-refractivity contribution in [2.75, 3.05) is 0 Å². The van der Waals surface area contributed by atoms with Crippen LogP contribution in [0.2, 0.25) is 0 Å². The van der Waals surface area contributed by atoms with E-state index in [2.05, 4.69) is 15.9 Å². The first kappa shape index (κ1) is 10.8. The Morgan fingerprint density at radius 2 is 1.87 bits per heavy atom. The van der Waals surface area contributed by atoms with E-state index in [-0.39, 0.29) is 0 Å². The Morgan fingerprint density at radius 1 is 1.13 bits per heavy atom. The average Bonchev–Trinajstić information content (AvgIpc) is 2.52. The fourth-order valence-corrected chi connectivity index (χ4v) is 2.78. The van der Waals surface area contributed by atoms with E-state index < -0.39 is 11.6 Å². The lowest BCUT2D eigenvalue weighted by atomic mass is 10.2. The molecule has 4 heteroatoms. The van der Waals surface area contributed by atoms with E-state index in [1.165, 1.54) is 6.07 Å². The van der Waals surface area contributed by atoms with Gasteiger partial charge in [0.15, 0.2) is 11.6 Å². The molecule has 0 radical (unpaired) electrons. The van der Waals surface area contributed by atoms with Gasteiger partial charge in [-0.1, -0.05) is 6.07 Å². The molecule has 2 aromatic rings. The maximum absolute atomic E-state index is 13.0. The molecule has 0 unspecified atom stereocenters. The maximum Gasteiger partial charge on any atom is 0.159 e. The summed E-state index contributed by atoms with van der Waals surface area (Å²) in [5.41, 5.74) is 0.702. The standard InChI is InChI=1S/C11H7BrF2S/c1-6-8(12)5-11(15-6)7-2-3-9(13)10(14)4-7/h2-5H,1H3. The smallest absolute Gasteiger partial charge is 0.159 e. The molecule has 0 N–H and O–H groups in total. The van der Waals surface area contributed by atoms with Gasteiger partial charge in [-0.15, -0.1) is 11.3 Å². The molecule has 1 heterocycles. The van der Waals surface area contributed by atoms with Crippen LogP contribution in [0.25, 0.3) is 10.4 Å². The van der Waals surface area contributed by atoms with Gasteiger partial charge in [0, 0.05) is 14.2 Å². The maximum atomic E-state index is 13.0. The van der Waals surface area contributed by atoms with Crippen molar-refractivity contribution in [2.45, 2.75) is 6.92 Å². The van der Waals surface area contributed by atoms with E-state index in [4.69, 9.17) is 0 Å². The third kappa shape index (κ3) is 2.11. The zero-order valence-corrected chi connectivity index (χ0v) is 10.3. The first-order chi connectivity index (χ1) is 7.08. The summed E-state index contributed by atoms with van der Waals surface area (Å²) in [6.07, 6.45) is 0. The minimum Gasteiger partial charge on any atom is -0.204 e. The average molecular weight is 289 g/mol. The molecule has 1 aromatic carbocycles. The molecule has 0 aliphatic heterocycles. The van der Waals surface area contributed by atoms with Crippen molar-refractivity contribution in [1.29, 1.82) is 0 Å². The highest BCUT2D eigenvalue weighted by Crippen LogP contribution is 2.34. The Hall–Kier alpha value is -0.740. The van der Waals surface area contributed by atoms with Crippen molar-refractivity contribution in [3.05, 3.63) is 45.2 Å². The Morgan fingerprint density at radius 3 is 2.40 bits per heavy atom. The summed E-state index contributed by atoms with van der Waals surface area (Å²) in [7, 11) is 0. The van der Waals surface area contributed by atoms with Gasteiger partial charge in [0.2, 0.25) is 0 Å². The first-order valence-corrected chi connectivity index (χ1v) is 5.90. The van der Waals surface area contributed by atoms with Crippen LogP contribution in [0.4, 0.5) is 8.78 Å². The fourth-order valence-electron chi connectivity index (χ4n) is 1.25. The summed E-state index contributed by atoms with van der Waals surface area (Å²) in [5, 5.41) is 0. The molecule has 0 aliphatic carbocycles. The predicted octanol–water partition coefficient (Wildman–Crippen LogP) is 4.76. The highest BCUT2D eigenvalue weighted by Gasteiger charge is 2.08. The summed E-state index contributed by atoms with van der Waals surface area (Å²) in [6, 6.07) is 5.85. The van der Waals surface area contributed by atoms with Crippen molar-refractivity contribution in [3.8, 4) is 10.4 Å². The van der Waals surface area contributed by atoms with Gasteiger partial charge < -0.3 is 0 Å². The van der Waals surface area contributed by atoms with E-state index >= 15 is 0 Å². The first-order valence-electron chi connectivity index (χ1n) is 4.29. The molecule has 0 spiro atoms. The van der Waals surface area contributed by atoms with Crippen molar-refractivity contribution < 1.29 is 8.78 Å². The number of hydrogen-bond acceptors (Lipinski definition) is 1. The molecule has 0 nitrogen and oxygen atoms in total. The van der Waals surface area contributed by atoms with E-state index in [0.29, 0.717) is 5.56 Å². The largest absolute Gasteiger partial charge is 0.204 e. The normalized spacial score (nSPS) is 10.7. The lowest BCUT2D eigenvalue weighted by Gasteiger charge is -1.97. The van der Waals surface area contributed by atoms with Crippen LogP contribution >= 0.6 is 27.3 Å². The summed E-state index contributed by atoms with van der Waals surface area (Å²) in [6.45, 7) is 1.97.